The number of carboxylic acid groups (broad SMARTS) is 1. The second-order valence-corrected chi connectivity index (χ2v) is 7.27. The standard InChI is InChI=1S/C18H15NO2S2/c1-12-17(13-7-3-2-4-8-13)19-16(23-12)11-22-15-10-6-5-9-14(15)18(20)21/h2-10H,11H2,1H3,(H,20,21). The Morgan fingerprint density at radius 3 is 2.57 bits per heavy atom. The van der Waals surface area contributed by atoms with Gasteiger partial charge in [-0.25, -0.2) is 9.78 Å². The Balaban J connectivity index is 1.79. The summed E-state index contributed by atoms with van der Waals surface area (Å²) in [5.74, 6) is -0.226. The summed E-state index contributed by atoms with van der Waals surface area (Å²) < 4.78 is 0. The third-order valence-electron chi connectivity index (χ3n) is 3.36. The molecule has 0 amide bonds. The average Bonchev–Trinajstić information content (AvgIpc) is 2.95. The van der Waals surface area contributed by atoms with Crippen molar-refractivity contribution in [2.24, 2.45) is 0 Å². The Kier molecular flexibility index (Phi) is 4.79. The molecule has 1 aromatic heterocycles. The first-order valence-electron chi connectivity index (χ1n) is 7.12. The van der Waals surface area contributed by atoms with Crippen LogP contribution in [0.4, 0.5) is 0 Å². The normalized spacial score (nSPS) is 10.7. The maximum absolute atomic E-state index is 11.2. The number of carbonyl (C=O) groups is 1. The van der Waals surface area contributed by atoms with Crippen LogP contribution in [0, 0.1) is 6.92 Å². The summed E-state index contributed by atoms with van der Waals surface area (Å²) in [6.45, 7) is 2.07. The lowest BCUT2D eigenvalue weighted by molar-refractivity contribution is 0.0693. The minimum Gasteiger partial charge on any atom is -0.478 e. The topological polar surface area (TPSA) is 50.2 Å². The van der Waals surface area contributed by atoms with Gasteiger partial charge in [0, 0.05) is 15.3 Å². The van der Waals surface area contributed by atoms with Gasteiger partial charge >= 0.3 is 5.97 Å². The molecule has 0 spiro atoms. The van der Waals surface area contributed by atoms with E-state index in [-0.39, 0.29) is 0 Å². The van der Waals surface area contributed by atoms with Crippen LogP contribution in [0.3, 0.4) is 0 Å². The van der Waals surface area contributed by atoms with Gasteiger partial charge in [0.1, 0.15) is 5.01 Å². The number of aromatic carboxylic acids is 1. The van der Waals surface area contributed by atoms with Crippen molar-refractivity contribution in [3.63, 3.8) is 0 Å². The Hall–Kier alpha value is -2.11. The molecule has 0 saturated heterocycles. The van der Waals surface area contributed by atoms with E-state index in [4.69, 9.17) is 4.98 Å². The van der Waals surface area contributed by atoms with Gasteiger partial charge in [-0.2, -0.15) is 0 Å². The minimum absolute atomic E-state index is 0.342. The van der Waals surface area contributed by atoms with Gasteiger partial charge in [0.05, 0.1) is 17.0 Å². The molecule has 1 heterocycles. The Morgan fingerprint density at radius 1 is 1.13 bits per heavy atom. The number of carboxylic acids is 1. The summed E-state index contributed by atoms with van der Waals surface area (Å²) >= 11 is 3.18. The van der Waals surface area contributed by atoms with Crippen molar-refractivity contribution in [2.75, 3.05) is 0 Å². The Bertz CT molecular complexity index is 828. The number of aryl methyl sites for hydroxylation is 1. The predicted octanol–water partition coefficient (Wildman–Crippen LogP) is 5.11. The highest BCUT2D eigenvalue weighted by molar-refractivity contribution is 7.98. The Labute approximate surface area is 143 Å². The van der Waals surface area contributed by atoms with Crippen molar-refractivity contribution >= 4 is 29.1 Å². The zero-order chi connectivity index (χ0) is 16.2. The van der Waals surface area contributed by atoms with Crippen LogP contribution < -0.4 is 0 Å². The molecule has 0 unspecified atom stereocenters. The van der Waals surface area contributed by atoms with E-state index in [0.29, 0.717) is 11.3 Å². The van der Waals surface area contributed by atoms with Crippen LogP contribution in [0.1, 0.15) is 20.2 Å². The molecule has 0 aliphatic carbocycles. The monoisotopic (exact) mass is 341 g/mol. The molecule has 0 aliphatic heterocycles. The summed E-state index contributed by atoms with van der Waals surface area (Å²) in [7, 11) is 0. The second kappa shape index (κ2) is 6.98. The van der Waals surface area contributed by atoms with Gasteiger partial charge in [-0.3, -0.25) is 0 Å². The molecule has 0 atom stereocenters. The molecule has 0 fully saturated rings. The maximum Gasteiger partial charge on any atom is 0.336 e. The fourth-order valence-corrected chi connectivity index (χ4v) is 4.28. The van der Waals surface area contributed by atoms with E-state index in [0.717, 1.165) is 21.2 Å². The number of hydrogen-bond donors (Lipinski definition) is 1. The number of aromatic nitrogens is 1. The van der Waals surface area contributed by atoms with E-state index in [1.165, 1.54) is 16.6 Å². The molecule has 0 aliphatic rings. The lowest BCUT2D eigenvalue weighted by atomic mass is 10.1. The van der Waals surface area contributed by atoms with Crippen LogP contribution >= 0.6 is 23.1 Å². The lowest BCUT2D eigenvalue weighted by Crippen LogP contribution is -1.98. The van der Waals surface area contributed by atoms with Gasteiger partial charge in [-0.05, 0) is 19.1 Å². The molecule has 23 heavy (non-hydrogen) atoms. The second-order valence-electron chi connectivity index (χ2n) is 4.97. The number of thioether (sulfide) groups is 1. The average molecular weight is 341 g/mol. The van der Waals surface area contributed by atoms with Crippen molar-refractivity contribution in [3.05, 3.63) is 70.0 Å². The van der Waals surface area contributed by atoms with E-state index >= 15 is 0 Å². The first-order chi connectivity index (χ1) is 11.1. The van der Waals surface area contributed by atoms with Crippen molar-refractivity contribution in [2.45, 2.75) is 17.6 Å². The molecular formula is C18H15NO2S2. The quantitative estimate of drug-likeness (QED) is 0.655. The van der Waals surface area contributed by atoms with Gasteiger partial charge in [-0.15, -0.1) is 23.1 Å². The third kappa shape index (κ3) is 3.63. The SMILES string of the molecule is Cc1sc(CSc2ccccc2C(=O)O)nc1-c1ccccc1. The zero-order valence-corrected chi connectivity index (χ0v) is 14.2. The molecule has 0 saturated carbocycles. The molecule has 0 bridgehead atoms. The Morgan fingerprint density at radius 2 is 1.83 bits per heavy atom. The van der Waals surface area contributed by atoms with E-state index in [1.54, 1.807) is 23.5 Å². The number of rotatable bonds is 5. The van der Waals surface area contributed by atoms with Crippen LogP contribution in [0.5, 0.6) is 0 Å². The predicted molar refractivity (Wildman–Crippen MR) is 95.2 cm³/mol. The number of nitrogens with zero attached hydrogens (tertiary/aromatic N) is 1. The molecule has 3 rings (SSSR count). The smallest absolute Gasteiger partial charge is 0.336 e. The molecule has 2 aromatic carbocycles. The van der Waals surface area contributed by atoms with Crippen LogP contribution in [0.2, 0.25) is 0 Å². The van der Waals surface area contributed by atoms with Crippen LogP contribution in [0.25, 0.3) is 11.3 Å². The van der Waals surface area contributed by atoms with E-state index in [1.807, 2.05) is 30.3 Å². The number of thiazole rings is 1. The van der Waals surface area contributed by atoms with Crippen molar-refractivity contribution in [3.8, 4) is 11.3 Å². The summed E-state index contributed by atoms with van der Waals surface area (Å²) in [4.78, 5) is 17.9. The molecule has 3 aromatic rings. The number of benzene rings is 2. The van der Waals surface area contributed by atoms with Crippen molar-refractivity contribution < 1.29 is 9.90 Å². The molecular weight excluding hydrogens is 326 g/mol. The zero-order valence-electron chi connectivity index (χ0n) is 12.5. The summed E-state index contributed by atoms with van der Waals surface area (Å²) in [6, 6.07) is 17.2. The van der Waals surface area contributed by atoms with Crippen LogP contribution in [-0.2, 0) is 5.75 Å². The van der Waals surface area contributed by atoms with Gasteiger partial charge in [0.15, 0.2) is 0 Å². The highest BCUT2D eigenvalue weighted by Gasteiger charge is 2.13. The highest BCUT2D eigenvalue weighted by atomic mass is 32.2. The first kappa shape index (κ1) is 15.8. The van der Waals surface area contributed by atoms with E-state index in [9.17, 15) is 9.90 Å². The largest absolute Gasteiger partial charge is 0.478 e. The van der Waals surface area contributed by atoms with Gasteiger partial charge in [0.2, 0.25) is 0 Å². The number of hydrogen-bond acceptors (Lipinski definition) is 4. The fraction of sp³-hybridized carbons (Fsp3) is 0.111. The summed E-state index contributed by atoms with van der Waals surface area (Å²) in [5.41, 5.74) is 2.47. The summed E-state index contributed by atoms with van der Waals surface area (Å²) in [6.07, 6.45) is 0. The fourth-order valence-electron chi connectivity index (χ4n) is 2.29. The van der Waals surface area contributed by atoms with Crippen molar-refractivity contribution in [1.29, 1.82) is 0 Å². The van der Waals surface area contributed by atoms with E-state index in [2.05, 4.69) is 19.1 Å². The molecule has 0 radical (unpaired) electrons. The van der Waals surface area contributed by atoms with Crippen LogP contribution in [-0.4, -0.2) is 16.1 Å². The molecule has 5 heteroatoms. The highest BCUT2D eigenvalue weighted by Crippen LogP contribution is 2.32. The first-order valence-corrected chi connectivity index (χ1v) is 8.92. The van der Waals surface area contributed by atoms with Gasteiger partial charge in [0.25, 0.3) is 0 Å². The van der Waals surface area contributed by atoms with E-state index < -0.39 is 5.97 Å². The molecule has 116 valence electrons. The van der Waals surface area contributed by atoms with Crippen LogP contribution in [0.15, 0.2) is 59.5 Å². The van der Waals surface area contributed by atoms with Gasteiger partial charge < -0.3 is 5.11 Å². The minimum atomic E-state index is -0.895. The van der Waals surface area contributed by atoms with Crippen molar-refractivity contribution in [1.82, 2.24) is 4.98 Å². The lowest BCUT2D eigenvalue weighted by Gasteiger charge is -2.03. The molecule has 1 N–H and O–H groups in total. The third-order valence-corrected chi connectivity index (χ3v) is 5.60. The molecule has 3 nitrogen and oxygen atoms in total. The van der Waals surface area contributed by atoms with Gasteiger partial charge in [-0.1, -0.05) is 42.5 Å². The summed E-state index contributed by atoms with van der Waals surface area (Å²) in [5, 5.41) is 10.2. The maximum atomic E-state index is 11.2.